The molecule has 1 fully saturated rings. The first-order chi connectivity index (χ1) is 6.61. The van der Waals surface area contributed by atoms with Crippen molar-refractivity contribution in [2.24, 2.45) is 11.7 Å². The van der Waals surface area contributed by atoms with Gasteiger partial charge in [0.2, 0.25) is 5.91 Å². The highest BCUT2D eigenvalue weighted by Crippen LogP contribution is 2.12. The normalized spacial score (nSPS) is 19.9. The average Bonchev–Trinajstić information content (AvgIpc) is 2.19. The molecule has 0 aromatic rings. The van der Waals surface area contributed by atoms with E-state index in [-0.39, 0.29) is 11.9 Å². The first-order valence-electron chi connectivity index (χ1n) is 5.22. The molecule has 0 aliphatic carbocycles. The molecule has 0 aromatic carbocycles. The molecule has 0 aromatic heterocycles. The van der Waals surface area contributed by atoms with Crippen molar-refractivity contribution < 1.29 is 4.79 Å². The van der Waals surface area contributed by atoms with Gasteiger partial charge in [0.15, 0.2) is 0 Å². The molecular weight excluding hydrogens is 196 g/mol. The quantitative estimate of drug-likeness (QED) is 0.763. The highest BCUT2D eigenvalue weighted by Gasteiger charge is 2.20. The van der Waals surface area contributed by atoms with Crippen LogP contribution in [-0.4, -0.2) is 41.4 Å². The van der Waals surface area contributed by atoms with Crippen LogP contribution in [0.5, 0.6) is 0 Å². The van der Waals surface area contributed by atoms with Crippen LogP contribution in [0.4, 0.5) is 0 Å². The molecule has 1 saturated heterocycles. The molecule has 2 N–H and O–H groups in total. The Morgan fingerprint density at radius 2 is 2.00 bits per heavy atom. The van der Waals surface area contributed by atoms with E-state index in [1.54, 1.807) is 0 Å². The zero-order chi connectivity index (χ0) is 10.6. The lowest BCUT2D eigenvalue weighted by Gasteiger charge is -2.28. The Morgan fingerprint density at radius 3 is 2.50 bits per heavy atom. The average molecular weight is 216 g/mol. The fourth-order valence-corrected chi connectivity index (χ4v) is 2.28. The van der Waals surface area contributed by atoms with E-state index in [1.165, 1.54) is 0 Å². The Bertz CT molecular complexity index is 191. The van der Waals surface area contributed by atoms with Gasteiger partial charge < -0.3 is 10.6 Å². The van der Waals surface area contributed by atoms with E-state index in [9.17, 15) is 4.79 Å². The second-order valence-corrected chi connectivity index (χ2v) is 5.33. The molecule has 0 radical (unpaired) electrons. The molecule has 0 bridgehead atoms. The van der Waals surface area contributed by atoms with Crippen LogP contribution in [0.1, 0.15) is 20.3 Å². The second-order valence-electron chi connectivity index (χ2n) is 4.11. The zero-order valence-corrected chi connectivity index (χ0v) is 9.85. The van der Waals surface area contributed by atoms with E-state index < -0.39 is 0 Å². The summed E-state index contributed by atoms with van der Waals surface area (Å²) in [5, 5.41) is 0. The van der Waals surface area contributed by atoms with Crippen molar-refractivity contribution in [1.29, 1.82) is 0 Å². The van der Waals surface area contributed by atoms with Crippen molar-refractivity contribution in [3.63, 3.8) is 0 Å². The van der Waals surface area contributed by atoms with E-state index in [4.69, 9.17) is 5.73 Å². The molecule has 1 aliphatic heterocycles. The second kappa shape index (κ2) is 5.61. The summed E-state index contributed by atoms with van der Waals surface area (Å²) in [4.78, 5) is 13.7. The van der Waals surface area contributed by atoms with E-state index >= 15 is 0 Å². The Morgan fingerprint density at radius 1 is 1.43 bits per heavy atom. The van der Waals surface area contributed by atoms with Gasteiger partial charge in [0, 0.05) is 37.1 Å². The SMILES string of the molecule is CC(C)C(N)CC(=O)N1CCSCC1. The Balaban J connectivity index is 2.33. The van der Waals surface area contributed by atoms with Crippen LogP contribution < -0.4 is 5.73 Å². The Kier molecular flexibility index (Phi) is 4.75. The van der Waals surface area contributed by atoms with Gasteiger partial charge in [-0.05, 0) is 5.92 Å². The molecule has 82 valence electrons. The van der Waals surface area contributed by atoms with Gasteiger partial charge in [-0.25, -0.2) is 0 Å². The molecule has 0 saturated carbocycles. The van der Waals surface area contributed by atoms with Gasteiger partial charge in [0.05, 0.1) is 0 Å². The molecular formula is C10H20N2OS. The zero-order valence-electron chi connectivity index (χ0n) is 9.03. The summed E-state index contributed by atoms with van der Waals surface area (Å²) in [5.74, 6) is 2.76. The van der Waals surface area contributed by atoms with Gasteiger partial charge in [-0.2, -0.15) is 11.8 Å². The number of hydrogen-bond acceptors (Lipinski definition) is 3. The van der Waals surface area contributed by atoms with Crippen molar-refractivity contribution in [3.8, 4) is 0 Å². The Hall–Kier alpha value is -0.220. The standard InChI is InChI=1S/C10H20N2OS/c1-8(2)9(11)7-10(13)12-3-5-14-6-4-12/h8-9H,3-7,11H2,1-2H3. The fourth-order valence-electron chi connectivity index (χ4n) is 1.38. The van der Waals surface area contributed by atoms with Crippen LogP contribution in [0.2, 0.25) is 0 Å². The summed E-state index contributed by atoms with van der Waals surface area (Å²) < 4.78 is 0. The van der Waals surface area contributed by atoms with Gasteiger partial charge in [0.25, 0.3) is 0 Å². The van der Waals surface area contributed by atoms with Gasteiger partial charge in [-0.15, -0.1) is 0 Å². The number of amides is 1. The molecule has 1 atom stereocenters. The third-order valence-electron chi connectivity index (χ3n) is 2.63. The minimum absolute atomic E-state index is 0.0112. The summed E-state index contributed by atoms with van der Waals surface area (Å²) in [6.07, 6.45) is 0.502. The van der Waals surface area contributed by atoms with Crippen LogP contribution in [0.25, 0.3) is 0 Å². The van der Waals surface area contributed by atoms with Crippen molar-refractivity contribution in [2.75, 3.05) is 24.6 Å². The number of carbonyl (C=O) groups excluding carboxylic acids is 1. The molecule has 1 amide bonds. The molecule has 4 heteroatoms. The van der Waals surface area contributed by atoms with E-state index in [0.29, 0.717) is 12.3 Å². The lowest BCUT2D eigenvalue weighted by Crippen LogP contribution is -2.41. The third-order valence-corrected chi connectivity index (χ3v) is 3.57. The molecule has 1 heterocycles. The number of thioether (sulfide) groups is 1. The summed E-state index contributed by atoms with van der Waals surface area (Å²) in [7, 11) is 0. The van der Waals surface area contributed by atoms with Gasteiger partial charge in [0.1, 0.15) is 0 Å². The Labute approximate surface area is 90.4 Å². The van der Waals surface area contributed by atoms with Crippen molar-refractivity contribution in [3.05, 3.63) is 0 Å². The van der Waals surface area contributed by atoms with E-state index in [2.05, 4.69) is 13.8 Å². The lowest BCUT2D eigenvalue weighted by atomic mass is 10.0. The minimum atomic E-state index is 0.0112. The highest BCUT2D eigenvalue weighted by atomic mass is 32.2. The van der Waals surface area contributed by atoms with E-state index in [1.807, 2.05) is 16.7 Å². The first kappa shape index (κ1) is 11.9. The number of nitrogens with zero attached hydrogens (tertiary/aromatic N) is 1. The van der Waals surface area contributed by atoms with E-state index in [0.717, 1.165) is 24.6 Å². The topological polar surface area (TPSA) is 46.3 Å². The van der Waals surface area contributed by atoms with Gasteiger partial charge >= 0.3 is 0 Å². The summed E-state index contributed by atoms with van der Waals surface area (Å²) >= 11 is 1.92. The minimum Gasteiger partial charge on any atom is -0.341 e. The summed E-state index contributed by atoms with van der Waals surface area (Å²) in [5.41, 5.74) is 5.87. The highest BCUT2D eigenvalue weighted by molar-refractivity contribution is 7.99. The molecule has 1 aliphatic rings. The predicted octanol–water partition coefficient (Wildman–Crippen LogP) is 0.935. The third kappa shape index (κ3) is 3.50. The van der Waals surface area contributed by atoms with Gasteiger partial charge in [-0.3, -0.25) is 4.79 Å². The number of nitrogens with two attached hydrogens (primary N) is 1. The predicted molar refractivity (Wildman–Crippen MR) is 61.3 cm³/mol. The largest absolute Gasteiger partial charge is 0.341 e. The molecule has 1 unspecified atom stereocenters. The fraction of sp³-hybridized carbons (Fsp3) is 0.900. The first-order valence-corrected chi connectivity index (χ1v) is 6.38. The lowest BCUT2D eigenvalue weighted by molar-refractivity contribution is -0.131. The van der Waals surface area contributed by atoms with Crippen molar-refractivity contribution in [2.45, 2.75) is 26.3 Å². The van der Waals surface area contributed by atoms with Crippen LogP contribution in [0.15, 0.2) is 0 Å². The van der Waals surface area contributed by atoms with Crippen LogP contribution >= 0.6 is 11.8 Å². The van der Waals surface area contributed by atoms with Crippen molar-refractivity contribution in [1.82, 2.24) is 4.90 Å². The number of hydrogen-bond donors (Lipinski definition) is 1. The maximum absolute atomic E-state index is 11.7. The monoisotopic (exact) mass is 216 g/mol. The molecule has 3 nitrogen and oxygen atoms in total. The van der Waals surface area contributed by atoms with Gasteiger partial charge in [-0.1, -0.05) is 13.8 Å². The van der Waals surface area contributed by atoms with Crippen LogP contribution in [0.3, 0.4) is 0 Å². The number of rotatable bonds is 3. The molecule has 14 heavy (non-hydrogen) atoms. The molecule has 0 spiro atoms. The van der Waals surface area contributed by atoms with Crippen LogP contribution in [-0.2, 0) is 4.79 Å². The maximum atomic E-state index is 11.7. The number of carbonyl (C=O) groups is 1. The van der Waals surface area contributed by atoms with Crippen molar-refractivity contribution >= 4 is 17.7 Å². The molecule has 1 rings (SSSR count). The summed E-state index contributed by atoms with van der Waals surface area (Å²) in [6.45, 7) is 5.91. The van der Waals surface area contributed by atoms with Crippen LogP contribution in [0, 0.1) is 5.92 Å². The maximum Gasteiger partial charge on any atom is 0.224 e. The smallest absolute Gasteiger partial charge is 0.224 e. The summed E-state index contributed by atoms with van der Waals surface area (Å²) in [6, 6.07) is 0.0112.